The minimum absolute atomic E-state index is 0.0627. The van der Waals surface area contributed by atoms with Crippen molar-refractivity contribution >= 4 is 0 Å². The molecule has 0 saturated carbocycles. The first-order valence-electron chi connectivity index (χ1n) is 5.99. The lowest BCUT2D eigenvalue weighted by atomic mass is 10.2. The maximum absolute atomic E-state index is 13.5. The van der Waals surface area contributed by atoms with Crippen LogP contribution in [0.3, 0.4) is 0 Å². The average molecular weight is 262 g/mol. The van der Waals surface area contributed by atoms with Gasteiger partial charge in [-0.25, -0.2) is 4.39 Å². The minimum atomic E-state index is -0.388. The molecule has 2 N–H and O–H groups in total. The zero-order valence-corrected chi connectivity index (χ0v) is 10.6. The number of aromatic nitrogens is 1. The Kier molecular flexibility index (Phi) is 4.30. The Morgan fingerprint density at radius 3 is 2.63 bits per heavy atom. The summed E-state index contributed by atoms with van der Waals surface area (Å²) in [7, 11) is 0. The molecule has 0 aliphatic heterocycles. The molecule has 0 amide bonds. The first kappa shape index (κ1) is 13.3. The van der Waals surface area contributed by atoms with Crippen molar-refractivity contribution in [2.24, 2.45) is 5.73 Å². The fraction of sp³-hybridized carbons (Fsp3) is 0.214. The topological polar surface area (TPSA) is 57.4 Å². The SMILES string of the molecule is CCOc1cccc(Oc2cccc(F)c2CN)n1. The van der Waals surface area contributed by atoms with Crippen LogP contribution in [0.4, 0.5) is 4.39 Å². The quantitative estimate of drug-likeness (QED) is 0.900. The molecule has 2 aromatic rings. The molecule has 0 atom stereocenters. The van der Waals surface area contributed by atoms with Crippen LogP contribution in [0.25, 0.3) is 0 Å². The van der Waals surface area contributed by atoms with E-state index in [2.05, 4.69) is 4.98 Å². The summed E-state index contributed by atoms with van der Waals surface area (Å²) in [6.07, 6.45) is 0. The van der Waals surface area contributed by atoms with Crippen molar-refractivity contribution in [1.82, 2.24) is 4.98 Å². The van der Waals surface area contributed by atoms with Crippen LogP contribution in [0, 0.1) is 5.82 Å². The van der Waals surface area contributed by atoms with Gasteiger partial charge in [-0.05, 0) is 19.1 Å². The predicted molar refractivity (Wildman–Crippen MR) is 69.8 cm³/mol. The molecule has 0 fully saturated rings. The number of hydrogen-bond acceptors (Lipinski definition) is 4. The van der Waals surface area contributed by atoms with Crippen LogP contribution in [0.5, 0.6) is 17.5 Å². The van der Waals surface area contributed by atoms with Crippen LogP contribution < -0.4 is 15.2 Å². The molecule has 1 aromatic heterocycles. The number of benzene rings is 1. The molecule has 19 heavy (non-hydrogen) atoms. The molecular weight excluding hydrogens is 247 g/mol. The molecule has 1 aromatic carbocycles. The van der Waals surface area contributed by atoms with Crippen molar-refractivity contribution in [1.29, 1.82) is 0 Å². The molecule has 0 unspecified atom stereocenters. The van der Waals surface area contributed by atoms with Crippen molar-refractivity contribution in [2.45, 2.75) is 13.5 Å². The summed E-state index contributed by atoms with van der Waals surface area (Å²) in [6, 6.07) is 9.73. The summed E-state index contributed by atoms with van der Waals surface area (Å²) in [4.78, 5) is 4.16. The second-order valence-electron chi connectivity index (χ2n) is 3.77. The molecule has 0 saturated heterocycles. The molecule has 0 spiro atoms. The highest BCUT2D eigenvalue weighted by Crippen LogP contribution is 2.26. The van der Waals surface area contributed by atoms with E-state index in [4.69, 9.17) is 15.2 Å². The van der Waals surface area contributed by atoms with Crippen molar-refractivity contribution in [3.63, 3.8) is 0 Å². The van der Waals surface area contributed by atoms with Gasteiger partial charge in [0.2, 0.25) is 11.8 Å². The number of hydrogen-bond donors (Lipinski definition) is 1. The van der Waals surface area contributed by atoms with E-state index >= 15 is 0 Å². The normalized spacial score (nSPS) is 10.3. The lowest BCUT2D eigenvalue weighted by molar-refractivity contribution is 0.320. The number of halogens is 1. The summed E-state index contributed by atoms with van der Waals surface area (Å²) >= 11 is 0. The molecule has 0 radical (unpaired) electrons. The molecule has 0 bridgehead atoms. The van der Waals surface area contributed by atoms with Gasteiger partial charge in [0, 0.05) is 24.2 Å². The number of pyridine rings is 1. The molecule has 1 heterocycles. The second kappa shape index (κ2) is 6.15. The molecule has 100 valence electrons. The van der Waals surface area contributed by atoms with Gasteiger partial charge in [-0.1, -0.05) is 12.1 Å². The van der Waals surface area contributed by atoms with Crippen molar-refractivity contribution in [3.8, 4) is 17.5 Å². The smallest absolute Gasteiger partial charge is 0.222 e. The standard InChI is InChI=1S/C14H15FN2O2/c1-2-18-13-7-4-8-14(17-13)19-12-6-3-5-11(15)10(12)9-16/h3-8H,2,9,16H2,1H3. The molecular formula is C14H15FN2O2. The Hall–Kier alpha value is -2.14. The van der Waals surface area contributed by atoms with Gasteiger partial charge in [-0.3, -0.25) is 0 Å². The summed E-state index contributed by atoms with van der Waals surface area (Å²) in [6.45, 7) is 2.45. The molecule has 0 aliphatic carbocycles. The van der Waals surface area contributed by atoms with Gasteiger partial charge >= 0.3 is 0 Å². The number of ether oxygens (including phenoxy) is 2. The van der Waals surface area contributed by atoms with Crippen molar-refractivity contribution < 1.29 is 13.9 Å². The van der Waals surface area contributed by atoms with Gasteiger partial charge < -0.3 is 15.2 Å². The maximum atomic E-state index is 13.5. The fourth-order valence-electron chi connectivity index (χ4n) is 1.63. The van der Waals surface area contributed by atoms with Crippen LogP contribution in [0.2, 0.25) is 0 Å². The fourth-order valence-corrected chi connectivity index (χ4v) is 1.63. The Labute approximate surface area is 111 Å². The number of rotatable bonds is 5. The lowest BCUT2D eigenvalue weighted by Crippen LogP contribution is -2.03. The highest BCUT2D eigenvalue weighted by Gasteiger charge is 2.09. The summed E-state index contributed by atoms with van der Waals surface area (Å²) in [5.74, 6) is 0.779. The Bertz CT molecular complexity index is 561. The molecule has 2 rings (SSSR count). The van der Waals surface area contributed by atoms with E-state index in [0.717, 1.165) is 0 Å². The van der Waals surface area contributed by atoms with Gasteiger partial charge in [0.1, 0.15) is 11.6 Å². The van der Waals surface area contributed by atoms with E-state index in [0.29, 0.717) is 29.7 Å². The third-order valence-electron chi connectivity index (χ3n) is 2.48. The number of nitrogens with zero attached hydrogens (tertiary/aromatic N) is 1. The third kappa shape index (κ3) is 3.20. The predicted octanol–water partition coefficient (Wildman–Crippen LogP) is 2.87. The largest absolute Gasteiger partial charge is 0.478 e. The summed E-state index contributed by atoms with van der Waals surface area (Å²) in [5.41, 5.74) is 5.84. The van der Waals surface area contributed by atoms with Gasteiger partial charge in [0.05, 0.1) is 6.61 Å². The molecule has 4 nitrogen and oxygen atoms in total. The number of nitrogens with two attached hydrogens (primary N) is 1. The van der Waals surface area contributed by atoms with E-state index < -0.39 is 0 Å². The van der Waals surface area contributed by atoms with Crippen LogP contribution >= 0.6 is 0 Å². The van der Waals surface area contributed by atoms with E-state index in [1.807, 2.05) is 6.92 Å². The molecule has 0 aliphatic rings. The van der Waals surface area contributed by atoms with Gasteiger partial charge in [0.25, 0.3) is 0 Å². The van der Waals surface area contributed by atoms with Crippen LogP contribution in [-0.4, -0.2) is 11.6 Å². The first-order valence-corrected chi connectivity index (χ1v) is 5.99. The van der Waals surface area contributed by atoms with Crippen LogP contribution in [0.15, 0.2) is 36.4 Å². The zero-order chi connectivity index (χ0) is 13.7. The summed E-state index contributed by atoms with van der Waals surface area (Å²) < 4.78 is 24.4. The summed E-state index contributed by atoms with van der Waals surface area (Å²) in [5, 5.41) is 0. The van der Waals surface area contributed by atoms with Crippen molar-refractivity contribution in [2.75, 3.05) is 6.61 Å². The zero-order valence-electron chi connectivity index (χ0n) is 10.6. The minimum Gasteiger partial charge on any atom is -0.478 e. The van der Waals surface area contributed by atoms with E-state index in [1.54, 1.807) is 30.3 Å². The highest BCUT2D eigenvalue weighted by atomic mass is 19.1. The van der Waals surface area contributed by atoms with Crippen LogP contribution in [-0.2, 0) is 6.54 Å². The highest BCUT2D eigenvalue weighted by molar-refractivity contribution is 5.37. The Morgan fingerprint density at radius 2 is 1.89 bits per heavy atom. The van der Waals surface area contributed by atoms with Gasteiger partial charge in [0.15, 0.2) is 0 Å². The third-order valence-corrected chi connectivity index (χ3v) is 2.48. The average Bonchev–Trinajstić information content (AvgIpc) is 2.40. The van der Waals surface area contributed by atoms with E-state index in [9.17, 15) is 4.39 Å². The monoisotopic (exact) mass is 262 g/mol. The van der Waals surface area contributed by atoms with E-state index in [-0.39, 0.29) is 12.4 Å². The second-order valence-corrected chi connectivity index (χ2v) is 3.77. The van der Waals surface area contributed by atoms with E-state index in [1.165, 1.54) is 6.07 Å². The molecule has 5 heteroatoms. The van der Waals surface area contributed by atoms with Crippen LogP contribution in [0.1, 0.15) is 12.5 Å². The Morgan fingerprint density at radius 1 is 1.16 bits per heavy atom. The van der Waals surface area contributed by atoms with Gasteiger partial charge in [-0.2, -0.15) is 4.98 Å². The van der Waals surface area contributed by atoms with Gasteiger partial charge in [-0.15, -0.1) is 0 Å². The lowest BCUT2D eigenvalue weighted by Gasteiger charge is -2.10. The first-order chi connectivity index (χ1) is 9.24. The van der Waals surface area contributed by atoms with Crippen molar-refractivity contribution in [3.05, 3.63) is 47.8 Å². The Balaban J connectivity index is 2.26. The maximum Gasteiger partial charge on any atom is 0.222 e.